The predicted octanol–water partition coefficient (Wildman–Crippen LogP) is 8.49. The highest BCUT2D eigenvalue weighted by Gasteiger charge is 2.50. The second kappa shape index (κ2) is 35.8. The van der Waals surface area contributed by atoms with Gasteiger partial charge in [-0.2, -0.15) is 13.2 Å². The van der Waals surface area contributed by atoms with E-state index in [9.17, 15) is 109 Å². The van der Waals surface area contributed by atoms with Crippen LogP contribution in [0.1, 0.15) is 124 Å². The number of hydrogen-bond acceptors (Lipinski definition) is 17. The van der Waals surface area contributed by atoms with Crippen molar-refractivity contribution < 1.29 is 143 Å². The molecule has 3 N–H and O–H groups in total. The van der Waals surface area contributed by atoms with Gasteiger partial charge in [0, 0.05) is 40.3 Å². The lowest BCUT2D eigenvalue weighted by atomic mass is 9.99. The molecule has 17 nitrogen and oxygen atoms in total. The van der Waals surface area contributed by atoms with Gasteiger partial charge < -0.3 is 39.0 Å². The lowest BCUT2D eigenvalue weighted by Gasteiger charge is -2.28. The molecule has 4 aliphatic heterocycles. The van der Waals surface area contributed by atoms with Crippen molar-refractivity contribution in [2.45, 2.75) is 190 Å². The Morgan fingerprint density at radius 3 is 0.885 bits per heavy atom. The van der Waals surface area contributed by atoms with E-state index in [1.807, 2.05) is 0 Å². The zero-order valence-electron chi connectivity index (χ0n) is 48.9. The van der Waals surface area contributed by atoms with Crippen molar-refractivity contribution in [1.29, 1.82) is 0 Å². The van der Waals surface area contributed by atoms with E-state index in [4.69, 9.17) is 29.2 Å². The lowest BCUT2D eigenvalue weighted by molar-refractivity contribution is -0.221. The van der Waals surface area contributed by atoms with Gasteiger partial charge in [-0.3, -0.25) is 4.79 Å². The lowest BCUT2D eigenvalue weighted by Crippen LogP contribution is -2.44. The summed E-state index contributed by atoms with van der Waals surface area (Å²) in [6.07, 6.45) is -13.5. The van der Waals surface area contributed by atoms with E-state index in [1.165, 1.54) is 0 Å². The number of alkyl halides is 15. The molecule has 0 saturated carbocycles. The molecule has 520 valence electrons. The van der Waals surface area contributed by atoms with Crippen LogP contribution in [0.15, 0.2) is 0 Å². The molecule has 0 aromatic heterocycles. The third kappa shape index (κ3) is 39.2. The second-order valence-corrected chi connectivity index (χ2v) is 32.2. The summed E-state index contributed by atoms with van der Waals surface area (Å²) in [6, 6.07) is 0. The first-order chi connectivity index (χ1) is 39.3. The Balaban J connectivity index is 0.000000583. The van der Waals surface area contributed by atoms with Gasteiger partial charge in [-0.15, -0.1) is 0 Å². The van der Waals surface area contributed by atoms with Crippen molar-refractivity contribution in [3.8, 4) is 0 Å². The summed E-state index contributed by atoms with van der Waals surface area (Å²) in [7, 11) is -11.8. The van der Waals surface area contributed by atoms with E-state index in [2.05, 4.69) is 4.74 Å². The van der Waals surface area contributed by atoms with Gasteiger partial charge in [0.15, 0.2) is 6.10 Å². The summed E-state index contributed by atoms with van der Waals surface area (Å²) in [4.78, 5) is 11.0. The Hall–Kier alpha value is -2.06. The summed E-state index contributed by atoms with van der Waals surface area (Å²) < 4.78 is 307. The maximum atomic E-state index is 13.9. The number of ether oxygens (including phenoxy) is 5. The maximum absolute atomic E-state index is 13.9. The van der Waals surface area contributed by atoms with Crippen LogP contribution in [0.3, 0.4) is 0 Å². The van der Waals surface area contributed by atoms with Crippen molar-refractivity contribution in [1.82, 2.24) is 0 Å². The van der Waals surface area contributed by atoms with Crippen molar-refractivity contribution in [3.05, 3.63) is 0 Å². The molecule has 0 aromatic carbocycles. The van der Waals surface area contributed by atoms with Gasteiger partial charge in [-0.25, -0.2) is 86.4 Å². The zero-order valence-corrected chi connectivity index (χ0v) is 52.2. The Labute approximate surface area is 499 Å². The highest BCUT2D eigenvalue weighted by Crippen LogP contribution is 2.37. The van der Waals surface area contributed by atoms with Crippen LogP contribution in [-0.2, 0) is 67.8 Å². The minimum absolute atomic E-state index is 0.0100. The molecular formula is C51H85F15O17S4. The van der Waals surface area contributed by atoms with Gasteiger partial charge in [0.2, 0.25) is 0 Å². The Kier molecular flexibility index (Phi) is 34.2. The van der Waals surface area contributed by atoms with Crippen LogP contribution in [0.5, 0.6) is 0 Å². The minimum Gasteiger partial charge on any atom is -0.454 e. The standard InChI is InChI=1S/C15H24F4O5S.C13H22F4O4S.C12H19F5O4S.C11H20F2O4S/c1-11(20)24-13(15(18,19)10-14(2,16)17)9-23-6-3-12-4-7-25(21,22)8-5-12;1-12(14,15)9-13(16,17)11(18)8-21-5-2-10-3-6-22(19,20)7-4-10;13-11(14,8-12(15,16)17)10(18)7-21-4-1-9-2-5-22(19,20)6-3-9;1-11(12,13)10(14)8-17-5-2-9-3-6-18(15,16)7-4-9/h12-13H,3-10H2,1-2H3;10-11,18H,2-9H2,1H3;9-10,18H,1-8H2;9-10,14H,2-8H2,1H3. The minimum atomic E-state index is -5.07. The Bertz CT molecular complexity index is 2320. The monoisotopic (exact) mass is 1380 g/mol. The molecule has 87 heavy (non-hydrogen) atoms. The van der Waals surface area contributed by atoms with Crippen LogP contribution in [0.4, 0.5) is 65.9 Å². The highest BCUT2D eigenvalue weighted by atomic mass is 32.2. The average Bonchev–Trinajstić information content (AvgIpc) is 3.56. The van der Waals surface area contributed by atoms with E-state index in [1.54, 1.807) is 0 Å². The fourth-order valence-corrected chi connectivity index (χ4v) is 15.3. The third-order valence-electron chi connectivity index (χ3n) is 14.3. The van der Waals surface area contributed by atoms with E-state index < -0.39 is 157 Å². The fourth-order valence-electron chi connectivity index (χ4n) is 8.96. The number of carbonyl (C=O) groups excluding carboxylic acids is 1. The second-order valence-electron chi connectivity index (χ2n) is 23.0. The summed E-state index contributed by atoms with van der Waals surface area (Å²) in [5, 5.41) is 27.4. The molecular weight excluding hydrogens is 1300 g/mol. The largest absolute Gasteiger partial charge is 0.454 e. The molecule has 0 aliphatic carbocycles. The topological polar surface area (TPSA) is 260 Å². The van der Waals surface area contributed by atoms with Gasteiger partial charge in [0.05, 0.1) is 85.3 Å². The third-order valence-corrected chi connectivity index (χ3v) is 21.2. The molecule has 4 heterocycles. The van der Waals surface area contributed by atoms with E-state index in [-0.39, 0.29) is 96.1 Å². The van der Waals surface area contributed by atoms with Crippen molar-refractivity contribution in [3.63, 3.8) is 0 Å². The summed E-state index contributed by atoms with van der Waals surface area (Å²) >= 11 is 0. The van der Waals surface area contributed by atoms with Crippen molar-refractivity contribution in [2.24, 2.45) is 23.7 Å². The number of rotatable bonds is 30. The van der Waals surface area contributed by atoms with Crippen molar-refractivity contribution >= 4 is 45.3 Å². The number of sulfone groups is 4. The van der Waals surface area contributed by atoms with E-state index in [0.29, 0.717) is 97.8 Å². The van der Waals surface area contributed by atoms with E-state index in [0.717, 1.165) is 6.92 Å². The molecule has 4 aliphatic rings. The van der Waals surface area contributed by atoms with Crippen LogP contribution in [0.2, 0.25) is 0 Å². The number of halogens is 15. The number of esters is 1. The molecule has 4 atom stereocenters. The van der Waals surface area contributed by atoms with Gasteiger partial charge in [0.25, 0.3) is 35.5 Å². The van der Waals surface area contributed by atoms with E-state index >= 15 is 0 Å². The van der Waals surface area contributed by atoms with Gasteiger partial charge in [-0.1, -0.05) is 0 Å². The number of carbonyl (C=O) groups is 1. The Morgan fingerprint density at radius 2 is 0.644 bits per heavy atom. The summed E-state index contributed by atoms with van der Waals surface area (Å²) in [5.74, 6) is -21.9. The number of hydrogen-bond donors (Lipinski definition) is 3. The maximum Gasteiger partial charge on any atom is 0.394 e. The SMILES string of the molecule is CC(=O)OC(COCCC1CCS(=O)(=O)CC1)C(F)(F)CC(C)(F)F.CC(F)(F)C(O)COCCC1CCS(=O)(=O)CC1.CC(F)(F)CC(F)(F)C(O)COCCC1CCS(=O)(=O)CC1.O=S1(=O)CCC(CCOCC(O)C(F)(F)CC(F)(F)F)CC1. The molecule has 36 heteroatoms. The molecule has 4 rings (SSSR count). The molecule has 4 unspecified atom stereocenters. The smallest absolute Gasteiger partial charge is 0.394 e. The number of aliphatic hydroxyl groups excluding tert-OH is 3. The van der Waals surface area contributed by atoms with Crippen LogP contribution in [-0.4, -0.2) is 220 Å². The zero-order chi connectivity index (χ0) is 67.2. The van der Waals surface area contributed by atoms with Crippen LogP contribution >= 0.6 is 0 Å². The average molecular weight is 1380 g/mol. The van der Waals surface area contributed by atoms with Gasteiger partial charge in [-0.05, 0) is 115 Å². The molecule has 0 bridgehead atoms. The molecule has 0 spiro atoms. The first-order valence-corrected chi connectivity index (χ1v) is 35.3. The molecule has 4 saturated heterocycles. The molecule has 0 aromatic rings. The predicted molar refractivity (Wildman–Crippen MR) is 287 cm³/mol. The van der Waals surface area contributed by atoms with Gasteiger partial charge in [0.1, 0.15) is 64.1 Å². The fraction of sp³-hybridized carbons (Fsp3) is 0.980. The first-order valence-electron chi connectivity index (χ1n) is 28.0. The van der Waals surface area contributed by atoms with Crippen LogP contribution in [0, 0.1) is 23.7 Å². The molecule has 4 fully saturated rings. The number of aliphatic hydroxyl groups is 3. The van der Waals surface area contributed by atoms with Crippen LogP contribution < -0.4 is 0 Å². The normalized spacial score (nSPS) is 21.5. The first kappa shape index (κ1) is 83.0. The Morgan fingerprint density at radius 1 is 0.402 bits per heavy atom. The quantitative estimate of drug-likeness (QED) is 0.0346. The molecule has 0 amide bonds. The van der Waals surface area contributed by atoms with Crippen LogP contribution in [0.25, 0.3) is 0 Å². The van der Waals surface area contributed by atoms with Gasteiger partial charge >= 0.3 is 12.1 Å². The summed E-state index contributed by atoms with van der Waals surface area (Å²) in [6.45, 7) is -0.0223. The van der Waals surface area contributed by atoms with Crippen molar-refractivity contribution in [2.75, 3.05) is 98.9 Å². The molecule has 0 radical (unpaired) electrons. The summed E-state index contributed by atoms with van der Waals surface area (Å²) in [5.41, 5.74) is 0. The highest BCUT2D eigenvalue weighted by molar-refractivity contribution is 7.92.